The second kappa shape index (κ2) is 6.50. The van der Waals surface area contributed by atoms with Gasteiger partial charge in [0.25, 0.3) is 0 Å². The van der Waals surface area contributed by atoms with Crippen LogP contribution in [-0.2, 0) is 9.53 Å². The Labute approximate surface area is 122 Å². The minimum Gasteiger partial charge on any atom is -0.398 e. The fraction of sp³-hybridized carbons (Fsp3) is 0.462. The highest BCUT2D eigenvalue weighted by Crippen LogP contribution is 2.27. The highest BCUT2D eigenvalue weighted by atomic mass is 35.5. The van der Waals surface area contributed by atoms with Crippen molar-refractivity contribution in [2.75, 3.05) is 31.2 Å². The van der Waals surface area contributed by atoms with Gasteiger partial charge in [-0.2, -0.15) is 0 Å². The van der Waals surface area contributed by atoms with Gasteiger partial charge in [0.2, 0.25) is 5.91 Å². The number of nitrogens with zero attached hydrogens (tertiary/aromatic N) is 1. The minimum absolute atomic E-state index is 0.114. The van der Waals surface area contributed by atoms with Crippen molar-refractivity contribution in [3.05, 3.63) is 23.2 Å². The summed E-state index contributed by atoms with van der Waals surface area (Å²) in [7, 11) is 0. The Morgan fingerprint density at radius 2 is 2.42 bits per heavy atom. The minimum atomic E-state index is 0.114. The molecule has 1 aromatic rings. The first kappa shape index (κ1) is 14.5. The van der Waals surface area contributed by atoms with E-state index in [9.17, 15) is 4.79 Å². The molecule has 19 heavy (non-hydrogen) atoms. The van der Waals surface area contributed by atoms with Crippen molar-refractivity contribution < 1.29 is 9.53 Å². The van der Waals surface area contributed by atoms with E-state index < -0.39 is 0 Å². The van der Waals surface area contributed by atoms with E-state index >= 15 is 0 Å². The number of hydrogen-bond donors (Lipinski definition) is 1. The molecule has 1 fully saturated rings. The number of carbonyl (C=O) groups is 1. The molecule has 2 rings (SSSR count). The van der Waals surface area contributed by atoms with E-state index in [4.69, 9.17) is 22.1 Å². The molecule has 6 heteroatoms. The van der Waals surface area contributed by atoms with Crippen LogP contribution in [-0.4, -0.2) is 42.4 Å². The third-order valence-electron chi connectivity index (χ3n) is 2.92. The first-order chi connectivity index (χ1) is 9.06. The number of morpholine rings is 1. The molecule has 2 N–H and O–H groups in total. The van der Waals surface area contributed by atoms with Gasteiger partial charge < -0.3 is 15.4 Å². The summed E-state index contributed by atoms with van der Waals surface area (Å²) in [6.45, 7) is 3.92. The Morgan fingerprint density at radius 3 is 3.11 bits per heavy atom. The smallest absolute Gasteiger partial charge is 0.233 e. The molecule has 104 valence electrons. The lowest BCUT2D eigenvalue weighted by Gasteiger charge is -2.31. The average Bonchev–Trinajstić information content (AvgIpc) is 2.37. The Hall–Kier alpha value is -0.910. The van der Waals surface area contributed by atoms with E-state index in [1.54, 1.807) is 12.1 Å². The Bertz CT molecular complexity index is 470. The van der Waals surface area contributed by atoms with E-state index in [0.717, 1.165) is 4.90 Å². The van der Waals surface area contributed by atoms with E-state index in [-0.39, 0.29) is 12.0 Å². The summed E-state index contributed by atoms with van der Waals surface area (Å²) in [6, 6.07) is 5.32. The van der Waals surface area contributed by atoms with Crippen LogP contribution in [0.3, 0.4) is 0 Å². The van der Waals surface area contributed by atoms with Gasteiger partial charge in [-0.05, 0) is 25.1 Å². The molecule has 0 aliphatic carbocycles. The molecule has 1 aliphatic rings. The highest BCUT2D eigenvalue weighted by molar-refractivity contribution is 8.00. The number of thioether (sulfide) groups is 1. The number of halogens is 1. The van der Waals surface area contributed by atoms with Crippen LogP contribution in [0.25, 0.3) is 0 Å². The van der Waals surface area contributed by atoms with Crippen LogP contribution in [0.1, 0.15) is 6.92 Å². The zero-order valence-corrected chi connectivity index (χ0v) is 12.3. The number of nitrogens with two attached hydrogens (primary N) is 1. The van der Waals surface area contributed by atoms with Crippen molar-refractivity contribution in [2.45, 2.75) is 17.9 Å². The van der Waals surface area contributed by atoms with Crippen molar-refractivity contribution in [3.8, 4) is 0 Å². The predicted molar refractivity (Wildman–Crippen MR) is 78.6 cm³/mol. The zero-order chi connectivity index (χ0) is 13.8. The molecule has 0 aromatic heterocycles. The van der Waals surface area contributed by atoms with Gasteiger partial charge in [0.05, 0.1) is 18.5 Å². The second-order valence-corrected chi connectivity index (χ2v) is 5.95. The summed E-state index contributed by atoms with van der Waals surface area (Å²) in [5.74, 6) is 0.507. The van der Waals surface area contributed by atoms with Gasteiger partial charge in [0, 0.05) is 28.7 Å². The lowest BCUT2D eigenvalue weighted by molar-refractivity contribution is -0.135. The van der Waals surface area contributed by atoms with Crippen molar-refractivity contribution in [3.63, 3.8) is 0 Å². The van der Waals surface area contributed by atoms with Gasteiger partial charge in [-0.1, -0.05) is 11.6 Å². The fourth-order valence-electron chi connectivity index (χ4n) is 1.93. The van der Waals surface area contributed by atoms with Crippen molar-refractivity contribution in [1.82, 2.24) is 4.90 Å². The van der Waals surface area contributed by atoms with Crippen LogP contribution in [0.2, 0.25) is 5.02 Å². The highest BCUT2D eigenvalue weighted by Gasteiger charge is 2.21. The molecule has 1 aromatic carbocycles. The molecule has 0 radical (unpaired) electrons. The number of anilines is 1. The lowest BCUT2D eigenvalue weighted by Crippen LogP contribution is -2.45. The van der Waals surface area contributed by atoms with Gasteiger partial charge in [-0.25, -0.2) is 0 Å². The third kappa shape index (κ3) is 4.03. The Morgan fingerprint density at radius 1 is 1.63 bits per heavy atom. The van der Waals surface area contributed by atoms with Crippen LogP contribution in [0, 0.1) is 0 Å². The van der Waals surface area contributed by atoms with Crippen LogP contribution in [0.15, 0.2) is 23.1 Å². The van der Waals surface area contributed by atoms with Crippen LogP contribution >= 0.6 is 23.4 Å². The molecular formula is C13H17ClN2O2S. The molecular weight excluding hydrogens is 284 g/mol. The topological polar surface area (TPSA) is 55.6 Å². The number of nitrogen functional groups attached to an aromatic ring is 1. The maximum atomic E-state index is 12.1. The molecule has 1 saturated heterocycles. The summed E-state index contributed by atoms with van der Waals surface area (Å²) in [5.41, 5.74) is 6.47. The second-order valence-electron chi connectivity index (χ2n) is 4.49. The molecule has 4 nitrogen and oxygen atoms in total. The largest absolute Gasteiger partial charge is 0.398 e. The Balaban J connectivity index is 1.89. The number of benzene rings is 1. The molecule has 1 atom stereocenters. The fourth-order valence-corrected chi connectivity index (χ4v) is 2.96. The SMILES string of the molecule is CC1CN(C(=O)CSc2ccc(Cl)cc2N)CCO1. The normalized spacial score (nSPS) is 19.5. The van der Waals surface area contributed by atoms with Crippen LogP contribution < -0.4 is 5.73 Å². The quantitative estimate of drug-likeness (QED) is 0.687. The number of carbonyl (C=O) groups excluding carboxylic acids is 1. The number of rotatable bonds is 3. The van der Waals surface area contributed by atoms with Crippen molar-refractivity contribution >= 4 is 35.0 Å². The van der Waals surface area contributed by atoms with Crippen molar-refractivity contribution in [2.24, 2.45) is 0 Å². The van der Waals surface area contributed by atoms with Gasteiger partial charge in [0.1, 0.15) is 0 Å². The van der Waals surface area contributed by atoms with Gasteiger partial charge in [0.15, 0.2) is 0 Å². The standard InChI is InChI=1S/C13H17ClN2O2S/c1-9-7-16(4-5-18-9)13(17)8-19-12-3-2-10(14)6-11(12)15/h2-3,6,9H,4-5,7-8,15H2,1H3. The third-order valence-corrected chi connectivity index (χ3v) is 4.23. The van der Waals surface area contributed by atoms with E-state index in [1.165, 1.54) is 11.8 Å². The summed E-state index contributed by atoms with van der Waals surface area (Å²) < 4.78 is 5.42. The van der Waals surface area contributed by atoms with Gasteiger partial charge in [-0.3, -0.25) is 4.79 Å². The Kier molecular flexibility index (Phi) is 4.96. The monoisotopic (exact) mass is 300 g/mol. The first-order valence-corrected chi connectivity index (χ1v) is 7.50. The molecule has 0 bridgehead atoms. The molecule has 0 saturated carbocycles. The number of amides is 1. The van der Waals surface area contributed by atoms with Gasteiger partial charge in [-0.15, -0.1) is 11.8 Å². The van der Waals surface area contributed by atoms with E-state index in [2.05, 4.69) is 0 Å². The van der Waals surface area contributed by atoms with Crippen LogP contribution in [0.5, 0.6) is 0 Å². The molecule has 1 aliphatic heterocycles. The molecule has 1 amide bonds. The van der Waals surface area contributed by atoms with Gasteiger partial charge >= 0.3 is 0 Å². The van der Waals surface area contributed by atoms with Crippen molar-refractivity contribution in [1.29, 1.82) is 0 Å². The predicted octanol–water partition coefficient (Wildman–Crippen LogP) is 2.26. The molecule has 1 heterocycles. The average molecular weight is 301 g/mol. The van der Waals surface area contributed by atoms with E-state index in [0.29, 0.717) is 36.2 Å². The van der Waals surface area contributed by atoms with Crippen LogP contribution in [0.4, 0.5) is 5.69 Å². The summed E-state index contributed by atoms with van der Waals surface area (Å²) in [4.78, 5) is 14.8. The first-order valence-electron chi connectivity index (χ1n) is 6.13. The molecule has 0 spiro atoms. The summed E-state index contributed by atoms with van der Waals surface area (Å²) in [6.07, 6.45) is 0.114. The zero-order valence-electron chi connectivity index (χ0n) is 10.8. The van der Waals surface area contributed by atoms with E-state index in [1.807, 2.05) is 17.9 Å². The maximum Gasteiger partial charge on any atom is 0.233 e. The maximum absolute atomic E-state index is 12.1. The summed E-state index contributed by atoms with van der Waals surface area (Å²) in [5, 5.41) is 0.607. The molecule has 1 unspecified atom stereocenters. The number of hydrogen-bond acceptors (Lipinski definition) is 4. The number of ether oxygens (including phenoxy) is 1. The summed E-state index contributed by atoms with van der Waals surface area (Å²) >= 11 is 7.28. The lowest BCUT2D eigenvalue weighted by atomic mass is 10.3.